The summed E-state index contributed by atoms with van der Waals surface area (Å²) in [6.07, 6.45) is 7.50. The lowest BCUT2D eigenvalue weighted by Crippen LogP contribution is -2.10. The molecule has 2 heteroatoms. The first-order valence-corrected chi connectivity index (χ1v) is 9.83. The molecule has 0 spiro atoms. The molecule has 0 aliphatic carbocycles. The van der Waals surface area contributed by atoms with Gasteiger partial charge < -0.3 is 0 Å². The predicted molar refractivity (Wildman–Crippen MR) is 121 cm³/mol. The van der Waals surface area contributed by atoms with Crippen molar-refractivity contribution in [3.63, 3.8) is 0 Å². The molecule has 0 unspecified atom stereocenters. The highest BCUT2D eigenvalue weighted by atomic mass is 14.6. The Morgan fingerprint density at radius 3 is 1.54 bits per heavy atom. The molecule has 4 rings (SSSR count). The Morgan fingerprint density at radius 1 is 0.500 bits per heavy atom. The average molecular weight is 371 g/mol. The van der Waals surface area contributed by atoms with E-state index >= 15 is 0 Å². The molecule has 28 heavy (non-hydrogen) atoms. The number of nitrogens with zero attached hydrogens (tertiary/aromatic N) is 2. The van der Waals surface area contributed by atoms with Crippen LogP contribution in [0, 0.1) is 0 Å². The highest BCUT2D eigenvalue weighted by molar-refractivity contribution is 5.83. The van der Waals surface area contributed by atoms with Crippen molar-refractivity contribution in [1.82, 2.24) is 9.97 Å². The van der Waals surface area contributed by atoms with Gasteiger partial charge in [-0.3, -0.25) is 9.97 Å². The van der Waals surface area contributed by atoms with E-state index in [1.807, 2.05) is 30.9 Å². The van der Waals surface area contributed by atoms with Gasteiger partial charge in [0, 0.05) is 35.6 Å². The maximum Gasteiger partial charge on any atom is 0.0346 e. The summed E-state index contributed by atoms with van der Waals surface area (Å²) >= 11 is 0. The molecule has 0 bridgehead atoms. The number of rotatable bonds is 0. The van der Waals surface area contributed by atoms with Gasteiger partial charge in [0.05, 0.1) is 0 Å². The van der Waals surface area contributed by atoms with E-state index in [4.69, 9.17) is 0 Å². The Bertz CT molecular complexity index is 993. The largest absolute Gasteiger partial charge is 0.264 e. The summed E-state index contributed by atoms with van der Waals surface area (Å²) in [5.41, 5.74) is 3.16. The van der Waals surface area contributed by atoms with Crippen molar-refractivity contribution < 1.29 is 0 Å². The Balaban J connectivity index is 0.000000161. The maximum atomic E-state index is 4.14. The molecule has 0 amide bonds. The molecule has 0 N–H and O–H groups in total. The number of benzene rings is 2. The first-order chi connectivity index (χ1) is 13.1. The molecule has 0 fully saturated rings. The van der Waals surface area contributed by atoms with Crippen LogP contribution in [-0.4, -0.2) is 9.97 Å². The van der Waals surface area contributed by atoms with Gasteiger partial charge in [0.1, 0.15) is 0 Å². The van der Waals surface area contributed by atoms with E-state index < -0.39 is 0 Å². The molecule has 2 heterocycles. The zero-order valence-corrected chi connectivity index (χ0v) is 17.8. The summed E-state index contributed by atoms with van der Waals surface area (Å²) < 4.78 is 0. The third kappa shape index (κ3) is 4.75. The molecule has 0 saturated carbocycles. The summed E-state index contributed by atoms with van der Waals surface area (Å²) in [7, 11) is 0. The van der Waals surface area contributed by atoms with Crippen molar-refractivity contribution in [1.29, 1.82) is 0 Å². The lowest BCUT2D eigenvalue weighted by Gasteiger charge is -2.19. The molecule has 144 valence electrons. The zero-order valence-electron chi connectivity index (χ0n) is 17.8. The van der Waals surface area contributed by atoms with Gasteiger partial charge in [-0.05, 0) is 50.9 Å². The summed E-state index contributed by atoms with van der Waals surface area (Å²) in [6, 6.07) is 17.3. The fourth-order valence-corrected chi connectivity index (χ4v) is 3.10. The number of hydrogen-bond donors (Lipinski definition) is 0. The van der Waals surface area contributed by atoms with Crippen LogP contribution in [0.1, 0.15) is 52.7 Å². The topological polar surface area (TPSA) is 25.8 Å². The minimum atomic E-state index is 0.212. The van der Waals surface area contributed by atoms with E-state index in [2.05, 4.69) is 94.0 Å². The van der Waals surface area contributed by atoms with Crippen LogP contribution in [-0.2, 0) is 10.8 Å². The Hall–Kier alpha value is -2.74. The third-order valence-electron chi connectivity index (χ3n) is 5.01. The molecule has 2 nitrogen and oxygen atoms in total. The van der Waals surface area contributed by atoms with Crippen LogP contribution in [0.5, 0.6) is 0 Å². The normalized spacial score (nSPS) is 11.9. The third-order valence-corrected chi connectivity index (χ3v) is 5.01. The smallest absolute Gasteiger partial charge is 0.0346 e. The van der Waals surface area contributed by atoms with Crippen LogP contribution in [0.25, 0.3) is 21.5 Å². The minimum Gasteiger partial charge on any atom is -0.264 e. The van der Waals surface area contributed by atoms with Crippen LogP contribution in [0.2, 0.25) is 0 Å². The second-order valence-electron chi connectivity index (χ2n) is 9.38. The molecule has 0 aliphatic heterocycles. The fourth-order valence-electron chi connectivity index (χ4n) is 3.10. The quantitative estimate of drug-likeness (QED) is 0.331. The van der Waals surface area contributed by atoms with Crippen LogP contribution in [0.4, 0.5) is 0 Å². The molecule has 2 aromatic heterocycles. The molecular formula is C26H30N2. The van der Waals surface area contributed by atoms with E-state index in [0.717, 1.165) is 0 Å². The van der Waals surface area contributed by atoms with Crippen molar-refractivity contribution in [2.24, 2.45) is 0 Å². The summed E-state index contributed by atoms with van der Waals surface area (Å²) in [5.74, 6) is 0. The second kappa shape index (κ2) is 7.71. The van der Waals surface area contributed by atoms with Gasteiger partial charge in [0.15, 0.2) is 0 Å². The van der Waals surface area contributed by atoms with Crippen LogP contribution in [0.3, 0.4) is 0 Å². The monoisotopic (exact) mass is 370 g/mol. The van der Waals surface area contributed by atoms with E-state index in [-0.39, 0.29) is 10.8 Å². The molecule has 0 radical (unpaired) electrons. The predicted octanol–water partition coefficient (Wildman–Crippen LogP) is 7.06. The maximum absolute atomic E-state index is 4.14. The van der Waals surface area contributed by atoms with Crippen molar-refractivity contribution in [3.8, 4) is 0 Å². The lowest BCUT2D eigenvalue weighted by atomic mass is 9.86. The molecule has 4 aromatic rings. The van der Waals surface area contributed by atoms with Crippen molar-refractivity contribution in [2.45, 2.75) is 52.4 Å². The summed E-state index contributed by atoms with van der Waals surface area (Å²) in [5, 5.41) is 4.96. The molecular weight excluding hydrogens is 340 g/mol. The zero-order chi connectivity index (χ0) is 20.4. The van der Waals surface area contributed by atoms with Gasteiger partial charge in [0.25, 0.3) is 0 Å². The number of hydrogen-bond acceptors (Lipinski definition) is 2. The summed E-state index contributed by atoms with van der Waals surface area (Å²) in [6.45, 7) is 13.4. The Labute approximate surface area is 168 Å². The number of pyridine rings is 2. The van der Waals surface area contributed by atoms with Gasteiger partial charge in [-0.1, -0.05) is 71.9 Å². The number of fused-ring (bicyclic) bond motifs is 2. The van der Waals surface area contributed by atoms with E-state index in [1.165, 1.54) is 32.7 Å². The minimum absolute atomic E-state index is 0.212. The van der Waals surface area contributed by atoms with Gasteiger partial charge in [-0.15, -0.1) is 0 Å². The second-order valence-corrected chi connectivity index (χ2v) is 9.38. The number of aromatic nitrogens is 2. The van der Waals surface area contributed by atoms with Gasteiger partial charge in [-0.25, -0.2) is 0 Å². The van der Waals surface area contributed by atoms with E-state index in [9.17, 15) is 0 Å². The lowest BCUT2D eigenvalue weighted by molar-refractivity contribution is 0.591. The van der Waals surface area contributed by atoms with Crippen LogP contribution < -0.4 is 0 Å². The van der Waals surface area contributed by atoms with Crippen molar-refractivity contribution in [2.75, 3.05) is 0 Å². The average Bonchev–Trinajstić information content (AvgIpc) is 2.66. The highest BCUT2D eigenvalue weighted by Crippen LogP contribution is 2.26. The van der Waals surface area contributed by atoms with E-state index in [1.54, 1.807) is 0 Å². The molecule has 0 saturated heterocycles. The van der Waals surface area contributed by atoms with Crippen LogP contribution in [0.15, 0.2) is 73.3 Å². The van der Waals surface area contributed by atoms with Gasteiger partial charge in [-0.2, -0.15) is 0 Å². The fraction of sp³-hybridized carbons (Fsp3) is 0.308. The van der Waals surface area contributed by atoms with Gasteiger partial charge in [0.2, 0.25) is 0 Å². The standard InChI is InChI=1S/2C13H15N/c1-13(2,3)12-5-4-11-9-14-7-6-10(11)8-12;1-13(2,3)12-5-4-10-6-7-14-9-11(10)8-12/h2*4-9H,1-3H3. The SMILES string of the molecule is CC(C)(C)c1ccc2ccncc2c1.CC(C)(C)c1ccc2cnccc2c1. The first kappa shape index (κ1) is 20.0. The van der Waals surface area contributed by atoms with Crippen molar-refractivity contribution >= 4 is 21.5 Å². The van der Waals surface area contributed by atoms with E-state index in [0.29, 0.717) is 0 Å². The molecule has 2 aromatic carbocycles. The first-order valence-electron chi connectivity index (χ1n) is 9.83. The Morgan fingerprint density at radius 2 is 0.964 bits per heavy atom. The summed E-state index contributed by atoms with van der Waals surface area (Å²) in [4.78, 5) is 8.24. The molecule has 0 aliphatic rings. The van der Waals surface area contributed by atoms with Crippen LogP contribution >= 0.6 is 0 Å². The van der Waals surface area contributed by atoms with Crippen molar-refractivity contribution in [3.05, 3.63) is 84.4 Å². The Kier molecular flexibility index (Phi) is 5.51. The van der Waals surface area contributed by atoms with Gasteiger partial charge >= 0.3 is 0 Å². The molecule has 0 atom stereocenters. The highest BCUT2D eigenvalue weighted by Gasteiger charge is 2.14.